The van der Waals surface area contributed by atoms with Crippen molar-refractivity contribution in [3.05, 3.63) is 42.4 Å². The highest BCUT2D eigenvalue weighted by molar-refractivity contribution is 5.99. The molecule has 0 fully saturated rings. The average molecular weight is 296 g/mol. The first-order chi connectivity index (χ1) is 9.83. The SMILES string of the molecule is C=C(CC(C)(C(=O)OC)C(=O)OC)Oc1ccc(F)cc1. The summed E-state index contributed by atoms with van der Waals surface area (Å²) in [6, 6.07) is 5.27. The Bertz CT molecular complexity index is 519. The minimum Gasteiger partial charge on any atom is -0.468 e. The van der Waals surface area contributed by atoms with E-state index in [0.717, 1.165) is 0 Å². The fraction of sp³-hybridized carbons (Fsp3) is 0.333. The van der Waals surface area contributed by atoms with Crippen molar-refractivity contribution < 1.29 is 28.2 Å². The number of ether oxygens (including phenoxy) is 3. The van der Waals surface area contributed by atoms with Gasteiger partial charge in [-0.05, 0) is 31.2 Å². The topological polar surface area (TPSA) is 61.8 Å². The molecule has 5 nitrogen and oxygen atoms in total. The third-order valence-electron chi connectivity index (χ3n) is 2.90. The number of benzene rings is 1. The van der Waals surface area contributed by atoms with Crippen molar-refractivity contribution in [2.24, 2.45) is 5.41 Å². The lowest BCUT2D eigenvalue weighted by atomic mass is 9.86. The van der Waals surface area contributed by atoms with Gasteiger partial charge in [-0.1, -0.05) is 6.58 Å². The molecule has 0 aromatic heterocycles. The number of carbonyl (C=O) groups is 2. The molecule has 0 spiro atoms. The summed E-state index contributed by atoms with van der Waals surface area (Å²) in [7, 11) is 2.35. The number of methoxy groups -OCH3 is 2. The lowest BCUT2D eigenvalue weighted by Gasteiger charge is -2.24. The molecule has 0 aliphatic rings. The van der Waals surface area contributed by atoms with Crippen LogP contribution in [0.4, 0.5) is 4.39 Å². The van der Waals surface area contributed by atoms with Crippen LogP contribution < -0.4 is 4.74 Å². The Labute approximate surface area is 122 Å². The van der Waals surface area contributed by atoms with Crippen molar-refractivity contribution >= 4 is 11.9 Å². The van der Waals surface area contributed by atoms with Gasteiger partial charge in [0.2, 0.25) is 0 Å². The third-order valence-corrected chi connectivity index (χ3v) is 2.90. The Morgan fingerprint density at radius 2 is 1.62 bits per heavy atom. The lowest BCUT2D eigenvalue weighted by molar-refractivity contribution is -0.168. The number of allylic oxidation sites excluding steroid dienone is 1. The molecule has 0 atom stereocenters. The molecule has 0 bridgehead atoms. The zero-order valence-corrected chi connectivity index (χ0v) is 12.1. The molecule has 21 heavy (non-hydrogen) atoms. The molecule has 114 valence electrons. The Morgan fingerprint density at radius 3 is 2.05 bits per heavy atom. The molecule has 0 saturated heterocycles. The number of rotatable bonds is 6. The van der Waals surface area contributed by atoms with Crippen LogP contribution >= 0.6 is 0 Å². The molecule has 0 unspecified atom stereocenters. The quantitative estimate of drug-likeness (QED) is 0.458. The van der Waals surface area contributed by atoms with Crippen molar-refractivity contribution in [1.29, 1.82) is 0 Å². The number of hydrogen-bond acceptors (Lipinski definition) is 5. The van der Waals surface area contributed by atoms with Gasteiger partial charge < -0.3 is 14.2 Å². The molecule has 0 aliphatic heterocycles. The highest BCUT2D eigenvalue weighted by Crippen LogP contribution is 2.30. The maximum atomic E-state index is 12.8. The van der Waals surface area contributed by atoms with Gasteiger partial charge in [-0.3, -0.25) is 9.59 Å². The molecule has 0 radical (unpaired) electrons. The van der Waals surface area contributed by atoms with E-state index in [4.69, 9.17) is 4.74 Å². The van der Waals surface area contributed by atoms with Gasteiger partial charge in [0.15, 0.2) is 5.41 Å². The molecule has 1 rings (SSSR count). The van der Waals surface area contributed by atoms with Crippen molar-refractivity contribution in [2.75, 3.05) is 14.2 Å². The summed E-state index contributed by atoms with van der Waals surface area (Å²) in [5.74, 6) is -1.41. The lowest BCUT2D eigenvalue weighted by Crippen LogP contribution is -2.39. The van der Waals surface area contributed by atoms with E-state index in [1.807, 2.05) is 0 Å². The standard InChI is InChI=1S/C15H17FO5/c1-10(21-12-7-5-11(16)6-8-12)9-15(2,13(17)19-3)14(18)20-4/h5-8H,1,9H2,2-4H3. The van der Waals surface area contributed by atoms with Crippen LogP contribution in [0.15, 0.2) is 36.6 Å². The summed E-state index contributed by atoms with van der Waals surface area (Å²) in [6.07, 6.45) is -0.121. The normalized spacial score (nSPS) is 10.7. The largest absolute Gasteiger partial charge is 0.468 e. The van der Waals surface area contributed by atoms with Gasteiger partial charge in [-0.15, -0.1) is 0 Å². The highest BCUT2D eigenvalue weighted by atomic mass is 19.1. The summed E-state index contributed by atoms with van der Waals surface area (Å²) in [5, 5.41) is 0. The van der Waals surface area contributed by atoms with Gasteiger partial charge in [-0.2, -0.15) is 0 Å². The molecule has 0 aliphatic carbocycles. The van der Waals surface area contributed by atoms with Crippen LogP contribution in [0.3, 0.4) is 0 Å². The van der Waals surface area contributed by atoms with Crippen LogP contribution in [0.2, 0.25) is 0 Å². The number of carbonyl (C=O) groups excluding carboxylic acids is 2. The predicted octanol–water partition coefficient (Wildman–Crippen LogP) is 2.46. The van der Waals surface area contributed by atoms with E-state index in [1.165, 1.54) is 45.4 Å². The van der Waals surface area contributed by atoms with Gasteiger partial charge in [0.25, 0.3) is 0 Å². The number of hydrogen-bond donors (Lipinski definition) is 0. The first-order valence-corrected chi connectivity index (χ1v) is 6.11. The van der Waals surface area contributed by atoms with E-state index in [-0.39, 0.29) is 12.2 Å². The predicted molar refractivity (Wildman–Crippen MR) is 72.9 cm³/mol. The van der Waals surface area contributed by atoms with Crippen LogP contribution in [0.5, 0.6) is 5.75 Å². The monoisotopic (exact) mass is 296 g/mol. The van der Waals surface area contributed by atoms with Crippen LogP contribution in [0, 0.1) is 11.2 Å². The van der Waals surface area contributed by atoms with Crippen molar-refractivity contribution in [2.45, 2.75) is 13.3 Å². The summed E-state index contributed by atoms with van der Waals surface area (Å²) in [4.78, 5) is 23.6. The van der Waals surface area contributed by atoms with E-state index >= 15 is 0 Å². The van der Waals surface area contributed by atoms with Gasteiger partial charge in [0, 0.05) is 6.42 Å². The Hall–Kier alpha value is -2.37. The molecular weight excluding hydrogens is 279 g/mol. The summed E-state index contributed by atoms with van der Waals surface area (Å²) < 4.78 is 27.4. The van der Waals surface area contributed by atoms with E-state index in [0.29, 0.717) is 5.75 Å². The van der Waals surface area contributed by atoms with Crippen LogP contribution in [-0.4, -0.2) is 26.2 Å². The van der Waals surface area contributed by atoms with Gasteiger partial charge in [0.1, 0.15) is 11.6 Å². The maximum Gasteiger partial charge on any atom is 0.323 e. The van der Waals surface area contributed by atoms with Crippen molar-refractivity contribution in [3.8, 4) is 5.75 Å². The molecule has 0 N–H and O–H groups in total. The Balaban J connectivity index is 2.84. The third kappa shape index (κ3) is 4.05. The number of esters is 2. The molecule has 0 heterocycles. The van der Waals surface area contributed by atoms with Gasteiger partial charge in [0.05, 0.1) is 20.0 Å². The molecule has 1 aromatic carbocycles. The molecule has 1 aromatic rings. The van der Waals surface area contributed by atoms with E-state index < -0.39 is 23.2 Å². The molecule has 0 saturated carbocycles. The van der Waals surface area contributed by atoms with Gasteiger partial charge >= 0.3 is 11.9 Å². The summed E-state index contributed by atoms with van der Waals surface area (Å²) in [5.41, 5.74) is -1.55. The fourth-order valence-electron chi connectivity index (χ4n) is 1.78. The maximum absolute atomic E-state index is 12.8. The van der Waals surface area contributed by atoms with Crippen LogP contribution in [0.1, 0.15) is 13.3 Å². The Morgan fingerprint density at radius 1 is 1.14 bits per heavy atom. The second kappa shape index (κ2) is 6.88. The summed E-state index contributed by atoms with van der Waals surface area (Å²) in [6.45, 7) is 5.04. The second-order valence-electron chi connectivity index (χ2n) is 4.59. The smallest absolute Gasteiger partial charge is 0.323 e. The second-order valence-corrected chi connectivity index (χ2v) is 4.59. The number of halogens is 1. The highest BCUT2D eigenvalue weighted by Gasteiger charge is 2.44. The first kappa shape index (κ1) is 16.7. The fourth-order valence-corrected chi connectivity index (χ4v) is 1.78. The van der Waals surface area contributed by atoms with Crippen LogP contribution in [0.25, 0.3) is 0 Å². The zero-order valence-electron chi connectivity index (χ0n) is 12.1. The van der Waals surface area contributed by atoms with E-state index in [2.05, 4.69) is 16.1 Å². The van der Waals surface area contributed by atoms with E-state index in [9.17, 15) is 14.0 Å². The first-order valence-electron chi connectivity index (χ1n) is 6.11. The van der Waals surface area contributed by atoms with E-state index in [1.54, 1.807) is 0 Å². The minimum atomic E-state index is -1.55. The van der Waals surface area contributed by atoms with Crippen molar-refractivity contribution in [3.63, 3.8) is 0 Å². The molecule has 6 heteroatoms. The van der Waals surface area contributed by atoms with Gasteiger partial charge in [-0.25, -0.2) is 4.39 Å². The van der Waals surface area contributed by atoms with Crippen molar-refractivity contribution in [1.82, 2.24) is 0 Å². The zero-order chi connectivity index (χ0) is 16.0. The summed E-state index contributed by atoms with van der Waals surface area (Å²) >= 11 is 0. The molecular formula is C15H17FO5. The van der Waals surface area contributed by atoms with Crippen LogP contribution in [-0.2, 0) is 19.1 Å². The minimum absolute atomic E-state index is 0.121. The Kier molecular flexibility index (Phi) is 5.46. The average Bonchev–Trinajstić information content (AvgIpc) is 2.47. The molecule has 0 amide bonds.